The Morgan fingerprint density at radius 3 is 2.52 bits per heavy atom. The SMILES string of the molecule is Nc1nc2c(ncn2[C@@H]2OC(COP(=O)(O)OP(=O)(O)OP(=O)(O)O)=C[C@H]2O)c(=O)[nH]1. The Balaban J connectivity index is 1.68. The first-order valence-corrected chi connectivity index (χ1v) is 12.2. The Bertz CT molecular complexity index is 1230. The average Bonchev–Trinajstić information content (AvgIpc) is 3.12. The largest absolute Gasteiger partial charge is 0.490 e. The van der Waals surface area contributed by atoms with Gasteiger partial charge in [0.15, 0.2) is 11.2 Å². The number of anilines is 1. The van der Waals surface area contributed by atoms with Gasteiger partial charge < -0.3 is 35.2 Å². The Hall–Kier alpha value is -1.94. The summed E-state index contributed by atoms with van der Waals surface area (Å²) in [6.45, 7) is -0.889. The van der Waals surface area contributed by atoms with Crippen molar-refractivity contribution in [3.63, 3.8) is 0 Å². The molecule has 3 rings (SSSR count). The molecule has 0 radical (unpaired) electrons. The molecule has 8 N–H and O–H groups in total. The normalized spacial score (nSPS) is 23.2. The summed E-state index contributed by atoms with van der Waals surface area (Å²) in [5, 5.41) is 10.2. The molecule has 21 heteroatoms. The number of aromatic amines is 1. The van der Waals surface area contributed by atoms with Gasteiger partial charge in [0.25, 0.3) is 5.56 Å². The lowest BCUT2D eigenvalue weighted by Gasteiger charge is -2.19. The van der Waals surface area contributed by atoms with E-state index in [1.807, 2.05) is 0 Å². The molecule has 0 saturated heterocycles. The van der Waals surface area contributed by atoms with E-state index in [0.29, 0.717) is 0 Å². The van der Waals surface area contributed by atoms with Crippen LogP contribution in [0, 0.1) is 0 Å². The molecule has 0 aliphatic carbocycles. The first-order chi connectivity index (χ1) is 14.2. The minimum absolute atomic E-state index is 0.0344. The lowest BCUT2D eigenvalue weighted by molar-refractivity contribution is -0.00502. The van der Waals surface area contributed by atoms with E-state index in [1.165, 1.54) is 0 Å². The third kappa shape index (κ3) is 5.85. The second kappa shape index (κ2) is 8.20. The average molecular weight is 505 g/mol. The summed E-state index contributed by atoms with van der Waals surface area (Å²) in [6.07, 6.45) is -0.450. The number of aliphatic hydroxyl groups excluding tert-OH is 1. The fraction of sp³-hybridized carbons (Fsp3) is 0.300. The summed E-state index contributed by atoms with van der Waals surface area (Å²) in [5.74, 6) is -0.480. The van der Waals surface area contributed by atoms with Crippen LogP contribution in [-0.4, -0.2) is 56.9 Å². The van der Waals surface area contributed by atoms with Crippen LogP contribution in [0.4, 0.5) is 5.95 Å². The summed E-state index contributed by atoms with van der Waals surface area (Å²) in [4.78, 5) is 57.3. The number of phosphoric acid groups is 3. The predicted octanol–water partition coefficient (Wildman–Crippen LogP) is -1.18. The van der Waals surface area contributed by atoms with Crippen LogP contribution in [0.25, 0.3) is 11.2 Å². The number of H-pyrrole nitrogens is 1. The lowest BCUT2D eigenvalue weighted by Crippen LogP contribution is -2.21. The van der Waals surface area contributed by atoms with Gasteiger partial charge in [0, 0.05) is 0 Å². The molecule has 2 aromatic rings. The predicted molar refractivity (Wildman–Crippen MR) is 96.6 cm³/mol. The maximum absolute atomic E-state index is 11.8. The zero-order valence-corrected chi connectivity index (χ0v) is 17.5. The smallest absolute Gasteiger partial charge is 0.469 e. The van der Waals surface area contributed by atoms with Gasteiger partial charge in [0.05, 0.1) is 0 Å². The van der Waals surface area contributed by atoms with Crippen molar-refractivity contribution in [1.82, 2.24) is 19.5 Å². The topological polar surface area (TPSA) is 279 Å². The molecule has 172 valence electrons. The van der Waals surface area contributed by atoms with Gasteiger partial charge >= 0.3 is 23.5 Å². The Labute approximate surface area is 170 Å². The van der Waals surface area contributed by atoms with Crippen LogP contribution < -0.4 is 11.3 Å². The Kier molecular flexibility index (Phi) is 6.27. The number of aliphatic hydroxyl groups is 1. The number of fused-ring (bicyclic) bond motifs is 1. The number of aromatic nitrogens is 4. The zero-order valence-electron chi connectivity index (χ0n) is 14.8. The second-order valence-electron chi connectivity index (χ2n) is 5.77. The van der Waals surface area contributed by atoms with Crippen LogP contribution in [0.1, 0.15) is 6.23 Å². The first kappa shape index (κ1) is 23.7. The maximum Gasteiger partial charge on any atom is 0.490 e. The molecule has 0 amide bonds. The van der Waals surface area contributed by atoms with Crippen molar-refractivity contribution in [2.45, 2.75) is 12.3 Å². The van der Waals surface area contributed by atoms with Gasteiger partial charge in [-0.15, -0.1) is 0 Å². The van der Waals surface area contributed by atoms with Crippen LogP contribution in [0.3, 0.4) is 0 Å². The van der Waals surface area contributed by atoms with Crippen LogP contribution in [0.15, 0.2) is 23.0 Å². The van der Waals surface area contributed by atoms with E-state index in [0.717, 1.165) is 17.0 Å². The summed E-state index contributed by atoms with van der Waals surface area (Å²) >= 11 is 0. The number of imidazole rings is 1. The number of nitrogens with two attached hydrogens (primary N) is 1. The van der Waals surface area contributed by atoms with Crippen molar-refractivity contribution in [1.29, 1.82) is 0 Å². The highest BCUT2D eigenvalue weighted by Crippen LogP contribution is 2.66. The molecule has 3 heterocycles. The van der Waals surface area contributed by atoms with Crippen LogP contribution in [0.2, 0.25) is 0 Å². The molecule has 0 fully saturated rings. The van der Waals surface area contributed by atoms with Gasteiger partial charge in [-0.2, -0.15) is 13.6 Å². The maximum atomic E-state index is 11.8. The number of hydrogen-bond donors (Lipinski definition) is 7. The number of hydrogen-bond acceptors (Lipinski definition) is 12. The number of nitrogen functional groups attached to an aromatic ring is 1. The fourth-order valence-electron chi connectivity index (χ4n) is 2.42. The van der Waals surface area contributed by atoms with E-state index in [-0.39, 0.29) is 22.9 Å². The van der Waals surface area contributed by atoms with Crippen molar-refractivity contribution >= 4 is 40.6 Å². The van der Waals surface area contributed by atoms with Crippen molar-refractivity contribution < 1.29 is 56.3 Å². The molecule has 2 aromatic heterocycles. The van der Waals surface area contributed by atoms with E-state index in [2.05, 4.69) is 28.1 Å². The van der Waals surface area contributed by atoms with Crippen LogP contribution in [-0.2, 0) is 31.6 Å². The molecule has 31 heavy (non-hydrogen) atoms. The van der Waals surface area contributed by atoms with Gasteiger partial charge in [-0.1, -0.05) is 0 Å². The molecule has 0 bridgehead atoms. The molecule has 18 nitrogen and oxygen atoms in total. The van der Waals surface area contributed by atoms with E-state index in [4.69, 9.17) is 25.2 Å². The van der Waals surface area contributed by atoms with Crippen molar-refractivity contribution in [2.24, 2.45) is 0 Å². The minimum atomic E-state index is -5.67. The van der Waals surface area contributed by atoms with Crippen molar-refractivity contribution in [3.05, 3.63) is 28.5 Å². The molecule has 4 atom stereocenters. The highest BCUT2D eigenvalue weighted by molar-refractivity contribution is 7.66. The number of rotatable bonds is 8. The second-order valence-corrected chi connectivity index (χ2v) is 10.2. The molecule has 0 spiro atoms. The van der Waals surface area contributed by atoms with Gasteiger partial charge in [0.2, 0.25) is 12.2 Å². The van der Waals surface area contributed by atoms with Crippen LogP contribution >= 0.6 is 23.5 Å². The van der Waals surface area contributed by atoms with Gasteiger partial charge in [-0.05, 0) is 6.08 Å². The molecule has 0 aromatic carbocycles. The van der Waals surface area contributed by atoms with Gasteiger partial charge in [-0.3, -0.25) is 18.9 Å². The molecule has 1 aliphatic rings. The summed E-state index contributed by atoms with van der Waals surface area (Å²) in [7, 11) is -16.6. The van der Waals surface area contributed by atoms with Crippen molar-refractivity contribution in [3.8, 4) is 0 Å². The quantitative estimate of drug-likeness (QED) is 0.208. The molecular weight excluding hydrogens is 491 g/mol. The number of phosphoric ester groups is 1. The van der Waals surface area contributed by atoms with E-state index >= 15 is 0 Å². The highest BCUT2D eigenvalue weighted by Gasteiger charge is 2.41. The number of nitrogens with one attached hydrogen (secondary N) is 1. The Morgan fingerprint density at radius 2 is 1.87 bits per heavy atom. The van der Waals surface area contributed by atoms with E-state index < -0.39 is 48.0 Å². The summed E-state index contributed by atoms with van der Waals surface area (Å²) in [5.41, 5.74) is 4.70. The third-order valence-corrected chi connectivity index (χ3v) is 7.21. The van der Waals surface area contributed by atoms with Crippen LogP contribution in [0.5, 0.6) is 0 Å². The Morgan fingerprint density at radius 1 is 1.19 bits per heavy atom. The summed E-state index contributed by atoms with van der Waals surface area (Å²) in [6, 6.07) is 0. The molecule has 2 unspecified atom stereocenters. The standard InChI is InChI=1S/C10H14N5O13P3/c11-10-13-7-6(8(17)14-10)12-3-15(7)9-5(16)1-4(26-9)2-25-30(21,22)28-31(23,24)27-29(18,19)20/h1,3,5,9,16H,2H2,(H,21,22)(H,23,24)(H2,18,19,20)(H3,11,13,14,17)/t5-,9-/m1/s1. The number of ether oxygens (including phenoxy) is 1. The van der Waals surface area contributed by atoms with E-state index in [1.54, 1.807) is 0 Å². The summed E-state index contributed by atoms with van der Waals surface area (Å²) < 4.78 is 51.7. The lowest BCUT2D eigenvalue weighted by atomic mass is 10.3. The van der Waals surface area contributed by atoms with Crippen molar-refractivity contribution in [2.75, 3.05) is 12.3 Å². The third-order valence-electron chi connectivity index (χ3n) is 3.43. The molecular formula is C10H14N5O13P3. The fourth-order valence-corrected chi connectivity index (χ4v) is 5.40. The minimum Gasteiger partial charge on any atom is -0.469 e. The molecule has 1 aliphatic heterocycles. The van der Waals surface area contributed by atoms with E-state index in [9.17, 15) is 28.5 Å². The monoisotopic (exact) mass is 505 g/mol. The highest BCUT2D eigenvalue weighted by atomic mass is 31.3. The first-order valence-electron chi connectivity index (χ1n) is 7.72. The van der Waals surface area contributed by atoms with Gasteiger partial charge in [0.1, 0.15) is 24.8 Å². The zero-order chi connectivity index (χ0) is 23.2. The molecule has 0 saturated carbocycles. The number of nitrogens with zero attached hydrogens (tertiary/aromatic N) is 3. The van der Waals surface area contributed by atoms with Gasteiger partial charge in [-0.25, -0.2) is 18.7 Å².